The Bertz CT molecular complexity index is 1460. The minimum atomic E-state index is -0.361. The number of hydrogen-bond donors (Lipinski definition) is 1. The van der Waals surface area contributed by atoms with Crippen LogP contribution in [0.15, 0.2) is 24.3 Å². The number of methoxy groups -OCH3 is 1. The van der Waals surface area contributed by atoms with Gasteiger partial charge in [-0.3, -0.25) is 14.5 Å². The van der Waals surface area contributed by atoms with Crippen molar-refractivity contribution in [2.75, 3.05) is 51.7 Å². The summed E-state index contributed by atoms with van der Waals surface area (Å²) in [5.41, 5.74) is 6.56. The second-order valence-corrected chi connectivity index (χ2v) is 13.8. The van der Waals surface area contributed by atoms with E-state index in [1.54, 1.807) is 6.07 Å². The molecule has 1 aliphatic heterocycles. The molecule has 1 amide bonds. The van der Waals surface area contributed by atoms with E-state index in [0.29, 0.717) is 24.2 Å². The Balaban J connectivity index is 1.43. The van der Waals surface area contributed by atoms with Crippen molar-refractivity contribution in [1.82, 2.24) is 4.90 Å². The number of amides is 1. The number of anilines is 1. The van der Waals surface area contributed by atoms with Crippen LogP contribution in [0.4, 0.5) is 11.4 Å². The number of hydrogen-bond acceptors (Lipinski definition) is 5. The molecule has 1 saturated heterocycles. The van der Waals surface area contributed by atoms with E-state index in [9.17, 15) is 14.4 Å². The normalized spacial score (nSPS) is 15.9. The summed E-state index contributed by atoms with van der Waals surface area (Å²) >= 11 is 0. The third-order valence-corrected chi connectivity index (χ3v) is 10.5. The molecule has 3 rings (SSSR count). The molecular weight excluding hydrogens is 600 g/mol. The van der Waals surface area contributed by atoms with Crippen molar-refractivity contribution in [3.05, 3.63) is 69.1 Å². The summed E-state index contributed by atoms with van der Waals surface area (Å²) in [4.78, 5) is 44.9. The molecule has 8 heteroatoms. The number of nitrogens with one attached hydrogen (secondary N) is 1. The molecule has 2 aromatic carbocycles. The highest BCUT2D eigenvalue weighted by molar-refractivity contribution is 5.97. The van der Waals surface area contributed by atoms with E-state index in [-0.39, 0.29) is 23.7 Å². The van der Waals surface area contributed by atoms with Gasteiger partial charge in [0.25, 0.3) is 0 Å². The molecular formula is C40H59N4O4+. The Labute approximate surface area is 289 Å². The van der Waals surface area contributed by atoms with E-state index in [2.05, 4.69) is 28.9 Å². The minimum absolute atomic E-state index is 0.0453. The Morgan fingerprint density at radius 3 is 2.29 bits per heavy atom. The van der Waals surface area contributed by atoms with Crippen molar-refractivity contribution < 1.29 is 23.6 Å². The van der Waals surface area contributed by atoms with E-state index in [1.165, 1.54) is 20.0 Å². The lowest BCUT2D eigenvalue weighted by Gasteiger charge is -2.37. The van der Waals surface area contributed by atoms with Crippen LogP contribution in [-0.2, 0) is 20.7 Å². The van der Waals surface area contributed by atoms with Crippen molar-refractivity contribution in [2.24, 2.45) is 0 Å². The lowest BCUT2D eigenvalue weighted by Crippen LogP contribution is -2.52. The van der Waals surface area contributed by atoms with E-state index >= 15 is 0 Å². The Kier molecular flexibility index (Phi) is 15.3. The molecule has 1 fully saturated rings. The lowest BCUT2D eigenvalue weighted by atomic mass is 9.93. The van der Waals surface area contributed by atoms with Crippen molar-refractivity contribution in [3.63, 3.8) is 0 Å². The lowest BCUT2D eigenvalue weighted by molar-refractivity contribution is -0.919. The average Bonchev–Trinajstić information content (AvgIpc) is 3.54. The smallest absolute Gasteiger partial charge is 0.338 e. The number of likely N-dealkylation sites (N-methyl/N-ethyl adjacent to an activating group) is 1. The van der Waals surface area contributed by atoms with Crippen LogP contribution in [0.3, 0.4) is 0 Å². The highest BCUT2D eigenvalue weighted by atomic mass is 16.5. The van der Waals surface area contributed by atoms with E-state index < -0.39 is 0 Å². The number of rotatable bonds is 19. The summed E-state index contributed by atoms with van der Waals surface area (Å²) < 4.78 is 5.77. The summed E-state index contributed by atoms with van der Waals surface area (Å²) in [6.45, 7) is 25.0. The maximum Gasteiger partial charge on any atom is 0.338 e. The summed E-state index contributed by atoms with van der Waals surface area (Å²) in [5, 5.41) is 3.15. The van der Waals surface area contributed by atoms with Gasteiger partial charge in [-0.1, -0.05) is 44.4 Å². The van der Waals surface area contributed by atoms with Crippen molar-refractivity contribution in [3.8, 4) is 0 Å². The fourth-order valence-corrected chi connectivity index (χ4v) is 7.51. The SMILES string of the molecule is [C-]#[N+]c1ccc(C)c(NC(=O)C2CCCN2CCCCCCCC[N+](CC)(CCC)CC(=O)Cc2c(C)ccc(C(=O)OC)c2C)c1C. The number of quaternary nitrogens is 1. The van der Waals surface area contributed by atoms with Gasteiger partial charge in [0.1, 0.15) is 6.54 Å². The number of unbranched alkanes of at least 4 members (excludes halogenated alkanes) is 5. The first-order valence-corrected chi connectivity index (χ1v) is 18.1. The molecule has 0 saturated carbocycles. The number of ether oxygens (including phenoxy) is 1. The maximum atomic E-state index is 13.5. The van der Waals surface area contributed by atoms with Gasteiger partial charge in [0.15, 0.2) is 11.5 Å². The monoisotopic (exact) mass is 659 g/mol. The summed E-state index contributed by atoms with van der Waals surface area (Å²) in [7, 11) is 1.39. The van der Waals surface area contributed by atoms with Crippen molar-refractivity contribution in [1.29, 1.82) is 0 Å². The zero-order chi connectivity index (χ0) is 35.3. The van der Waals surface area contributed by atoms with E-state index in [4.69, 9.17) is 11.3 Å². The minimum Gasteiger partial charge on any atom is -0.465 e. The van der Waals surface area contributed by atoms with Crippen LogP contribution in [0, 0.1) is 34.3 Å². The molecule has 2 aromatic rings. The maximum absolute atomic E-state index is 13.5. The third kappa shape index (κ3) is 10.2. The van der Waals surface area contributed by atoms with Crippen LogP contribution >= 0.6 is 0 Å². The molecule has 262 valence electrons. The predicted octanol–water partition coefficient (Wildman–Crippen LogP) is 8.06. The third-order valence-electron chi connectivity index (χ3n) is 10.5. The first kappa shape index (κ1) is 38.9. The van der Waals surface area contributed by atoms with Gasteiger partial charge in [-0.25, -0.2) is 9.64 Å². The molecule has 2 unspecified atom stereocenters. The van der Waals surface area contributed by atoms with Crippen LogP contribution < -0.4 is 5.32 Å². The first-order chi connectivity index (χ1) is 23.0. The van der Waals surface area contributed by atoms with Crippen LogP contribution in [0.5, 0.6) is 0 Å². The number of nitrogens with zero attached hydrogens (tertiary/aromatic N) is 3. The highest BCUT2D eigenvalue weighted by Crippen LogP contribution is 2.30. The average molecular weight is 660 g/mol. The molecule has 48 heavy (non-hydrogen) atoms. The molecule has 1 heterocycles. The van der Waals surface area contributed by atoms with Gasteiger partial charge in [-0.15, -0.1) is 0 Å². The quantitative estimate of drug-likeness (QED) is 0.0715. The number of esters is 1. The number of Topliss-reactive ketones (excluding diaryl/α,β-unsaturated/α-hetero) is 1. The zero-order valence-electron chi connectivity index (χ0n) is 30.7. The summed E-state index contributed by atoms with van der Waals surface area (Å²) in [5.74, 6) is -0.0848. The second kappa shape index (κ2) is 18.9. The Morgan fingerprint density at radius 2 is 1.62 bits per heavy atom. The number of carbonyl (C=O) groups is 3. The number of carbonyl (C=O) groups excluding carboxylic acids is 3. The molecule has 1 N–H and O–H groups in total. The molecule has 0 radical (unpaired) electrons. The van der Waals surface area contributed by atoms with Gasteiger partial charge in [0.2, 0.25) is 5.91 Å². The fraction of sp³-hybridized carbons (Fsp3) is 0.600. The fourth-order valence-electron chi connectivity index (χ4n) is 7.51. The largest absolute Gasteiger partial charge is 0.465 e. The van der Waals surface area contributed by atoms with Crippen molar-refractivity contribution in [2.45, 2.75) is 112 Å². The Hall–Kier alpha value is -3.54. The summed E-state index contributed by atoms with van der Waals surface area (Å²) in [6, 6.07) is 7.32. The van der Waals surface area contributed by atoms with Crippen LogP contribution in [0.25, 0.3) is 4.85 Å². The van der Waals surface area contributed by atoms with Gasteiger partial charge in [0.05, 0.1) is 44.9 Å². The van der Waals surface area contributed by atoms with E-state index in [1.807, 2.05) is 45.9 Å². The molecule has 0 bridgehead atoms. The molecule has 2 atom stereocenters. The first-order valence-electron chi connectivity index (χ1n) is 18.1. The van der Waals surface area contributed by atoms with Gasteiger partial charge in [-0.05, 0) is 120 Å². The zero-order valence-corrected chi connectivity index (χ0v) is 30.7. The van der Waals surface area contributed by atoms with Crippen LogP contribution in [0.1, 0.15) is 110 Å². The molecule has 0 spiro atoms. The Morgan fingerprint density at radius 1 is 0.938 bits per heavy atom. The number of ketones is 1. The van der Waals surface area contributed by atoms with Gasteiger partial charge in [-0.2, -0.15) is 0 Å². The topological polar surface area (TPSA) is 80.1 Å². The van der Waals surface area contributed by atoms with Crippen molar-refractivity contribution >= 4 is 29.0 Å². The summed E-state index contributed by atoms with van der Waals surface area (Å²) in [6.07, 6.45) is 10.2. The van der Waals surface area contributed by atoms with E-state index in [0.717, 1.165) is 116 Å². The standard InChI is InChI=1S/C40H58N4O4/c1-9-25-44(10-2,28-33(45)27-35-29(3)19-21-34(31(35)5)40(47)48-8)26-16-14-12-11-13-15-23-43-24-17-18-37(43)39(46)42-38-30(4)20-22-36(41-7)32(38)6/h19-22,37H,9-18,23-28H2,1-6,8H3/p+1. The van der Waals surface area contributed by atoms with Crippen LogP contribution in [0.2, 0.25) is 0 Å². The predicted molar refractivity (Wildman–Crippen MR) is 195 cm³/mol. The highest BCUT2D eigenvalue weighted by Gasteiger charge is 2.31. The van der Waals surface area contributed by atoms with Crippen LogP contribution in [-0.4, -0.2) is 79.5 Å². The molecule has 0 aromatic heterocycles. The molecule has 1 aliphatic rings. The van der Waals surface area contributed by atoms with Gasteiger partial charge < -0.3 is 14.5 Å². The number of likely N-dealkylation sites (tertiary alicyclic amines) is 1. The molecule has 8 nitrogen and oxygen atoms in total. The number of benzene rings is 2. The van der Waals surface area contributed by atoms with Gasteiger partial charge >= 0.3 is 5.97 Å². The number of aryl methyl sites for hydroxylation is 2. The van der Waals surface area contributed by atoms with Gasteiger partial charge in [0, 0.05) is 12.1 Å². The second-order valence-electron chi connectivity index (χ2n) is 13.8. The molecule has 0 aliphatic carbocycles.